The van der Waals surface area contributed by atoms with Gasteiger partial charge in [0.2, 0.25) is 0 Å². The van der Waals surface area contributed by atoms with Gasteiger partial charge in [0.05, 0.1) is 18.4 Å². The van der Waals surface area contributed by atoms with Gasteiger partial charge in [0.15, 0.2) is 0 Å². The van der Waals surface area contributed by atoms with Crippen molar-refractivity contribution in [2.45, 2.75) is 38.3 Å². The Balaban J connectivity index is 1.52. The molecule has 16 heavy (non-hydrogen) atoms. The van der Waals surface area contributed by atoms with Crippen LogP contribution in [0, 0.1) is 0 Å². The number of nitrogens with zero attached hydrogens (tertiary/aromatic N) is 1. The lowest BCUT2D eigenvalue weighted by Gasteiger charge is -2.11. The summed E-state index contributed by atoms with van der Waals surface area (Å²) in [4.78, 5) is 4.25. The molecule has 0 atom stereocenters. The van der Waals surface area contributed by atoms with Gasteiger partial charge >= 0.3 is 0 Å². The molecular formula is C13H20N2O. The van der Waals surface area contributed by atoms with Crippen molar-refractivity contribution < 1.29 is 4.74 Å². The summed E-state index contributed by atoms with van der Waals surface area (Å²) in [7, 11) is 0. The minimum Gasteiger partial charge on any atom is -0.377 e. The first-order valence-corrected chi connectivity index (χ1v) is 6.17. The van der Waals surface area contributed by atoms with Gasteiger partial charge in [-0.2, -0.15) is 0 Å². The SMILES string of the molecule is c1ccc(CNCCOC2CCCC2)nc1. The third kappa shape index (κ3) is 3.91. The van der Waals surface area contributed by atoms with Gasteiger partial charge in [0, 0.05) is 19.3 Å². The maximum Gasteiger partial charge on any atom is 0.0594 e. The number of rotatable bonds is 6. The Labute approximate surface area is 97.2 Å². The van der Waals surface area contributed by atoms with Crippen LogP contribution < -0.4 is 5.32 Å². The quantitative estimate of drug-likeness (QED) is 0.746. The molecule has 1 aromatic rings. The monoisotopic (exact) mass is 220 g/mol. The zero-order valence-electron chi connectivity index (χ0n) is 9.69. The van der Waals surface area contributed by atoms with Crippen molar-refractivity contribution in [3.63, 3.8) is 0 Å². The Bertz CT molecular complexity index is 283. The van der Waals surface area contributed by atoms with E-state index in [0.29, 0.717) is 6.10 Å². The van der Waals surface area contributed by atoms with Crippen molar-refractivity contribution in [2.24, 2.45) is 0 Å². The number of hydrogen-bond acceptors (Lipinski definition) is 3. The van der Waals surface area contributed by atoms with E-state index >= 15 is 0 Å². The van der Waals surface area contributed by atoms with E-state index in [9.17, 15) is 0 Å². The average molecular weight is 220 g/mol. The summed E-state index contributed by atoms with van der Waals surface area (Å²) >= 11 is 0. The molecule has 0 aromatic carbocycles. The third-order valence-corrected chi connectivity index (χ3v) is 2.97. The molecule has 0 amide bonds. The lowest BCUT2D eigenvalue weighted by Crippen LogP contribution is -2.22. The molecule has 1 saturated carbocycles. The highest BCUT2D eigenvalue weighted by molar-refractivity contribution is 5.02. The summed E-state index contributed by atoms with van der Waals surface area (Å²) in [6.45, 7) is 2.56. The Morgan fingerprint density at radius 3 is 2.94 bits per heavy atom. The number of hydrogen-bond donors (Lipinski definition) is 1. The minimum absolute atomic E-state index is 0.525. The lowest BCUT2D eigenvalue weighted by atomic mass is 10.3. The minimum atomic E-state index is 0.525. The maximum absolute atomic E-state index is 5.76. The Kier molecular flexibility index (Phi) is 4.77. The van der Waals surface area contributed by atoms with Gasteiger partial charge in [0.1, 0.15) is 0 Å². The summed E-state index contributed by atoms with van der Waals surface area (Å²) in [5.41, 5.74) is 1.09. The van der Waals surface area contributed by atoms with Crippen LogP contribution in [0.3, 0.4) is 0 Å². The highest BCUT2D eigenvalue weighted by Gasteiger charge is 2.14. The highest BCUT2D eigenvalue weighted by Crippen LogP contribution is 2.20. The molecular weight excluding hydrogens is 200 g/mol. The normalized spacial score (nSPS) is 16.8. The van der Waals surface area contributed by atoms with Gasteiger partial charge in [0.25, 0.3) is 0 Å². The number of nitrogens with one attached hydrogen (secondary N) is 1. The summed E-state index contributed by atoms with van der Waals surface area (Å²) in [6, 6.07) is 5.98. The largest absolute Gasteiger partial charge is 0.377 e. The van der Waals surface area contributed by atoms with Gasteiger partial charge in [-0.05, 0) is 25.0 Å². The van der Waals surface area contributed by atoms with Crippen LogP contribution in [0.1, 0.15) is 31.4 Å². The third-order valence-electron chi connectivity index (χ3n) is 2.97. The van der Waals surface area contributed by atoms with E-state index in [1.807, 2.05) is 24.4 Å². The second kappa shape index (κ2) is 6.61. The fourth-order valence-corrected chi connectivity index (χ4v) is 2.07. The first-order valence-electron chi connectivity index (χ1n) is 6.17. The van der Waals surface area contributed by atoms with Gasteiger partial charge < -0.3 is 10.1 Å². The molecule has 1 aliphatic rings. The molecule has 0 spiro atoms. The number of ether oxygens (including phenoxy) is 1. The molecule has 0 saturated heterocycles. The van der Waals surface area contributed by atoms with Crippen LogP contribution >= 0.6 is 0 Å². The van der Waals surface area contributed by atoms with Crippen LogP contribution in [0.15, 0.2) is 24.4 Å². The van der Waals surface area contributed by atoms with E-state index < -0.39 is 0 Å². The van der Waals surface area contributed by atoms with Crippen molar-refractivity contribution in [1.82, 2.24) is 10.3 Å². The van der Waals surface area contributed by atoms with Crippen molar-refractivity contribution in [2.75, 3.05) is 13.2 Å². The molecule has 0 aliphatic heterocycles. The van der Waals surface area contributed by atoms with E-state index in [0.717, 1.165) is 25.4 Å². The van der Waals surface area contributed by atoms with Crippen LogP contribution in [0.25, 0.3) is 0 Å². The fourth-order valence-electron chi connectivity index (χ4n) is 2.07. The molecule has 88 valence electrons. The number of pyridine rings is 1. The smallest absolute Gasteiger partial charge is 0.0594 e. The van der Waals surface area contributed by atoms with E-state index in [-0.39, 0.29) is 0 Å². The van der Waals surface area contributed by atoms with Gasteiger partial charge in [-0.1, -0.05) is 18.9 Å². The van der Waals surface area contributed by atoms with Gasteiger partial charge in [-0.15, -0.1) is 0 Å². The van der Waals surface area contributed by atoms with Gasteiger partial charge in [-0.3, -0.25) is 4.98 Å². The molecule has 3 heteroatoms. The van der Waals surface area contributed by atoms with Crippen LogP contribution in [0.4, 0.5) is 0 Å². The first kappa shape index (κ1) is 11.6. The highest BCUT2D eigenvalue weighted by atomic mass is 16.5. The van der Waals surface area contributed by atoms with E-state index in [1.54, 1.807) is 0 Å². The Hall–Kier alpha value is -0.930. The van der Waals surface area contributed by atoms with Crippen molar-refractivity contribution >= 4 is 0 Å². The van der Waals surface area contributed by atoms with Crippen LogP contribution in [0.2, 0.25) is 0 Å². The van der Waals surface area contributed by atoms with E-state index in [2.05, 4.69) is 10.3 Å². The molecule has 0 radical (unpaired) electrons. The van der Waals surface area contributed by atoms with Crippen LogP contribution in [0.5, 0.6) is 0 Å². The zero-order valence-corrected chi connectivity index (χ0v) is 9.69. The van der Waals surface area contributed by atoms with Crippen LogP contribution in [-0.2, 0) is 11.3 Å². The first-order chi connectivity index (χ1) is 7.95. The second-order valence-electron chi connectivity index (χ2n) is 4.28. The zero-order chi connectivity index (χ0) is 11.1. The topological polar surface area (TPSA) is 34.1 Å². The predicted octanol–water partition coefficient (Wildman–Crippen LogP) is 2.13. The molecule has 1 N–H and O–H groups in total. The summed E-state index contributed by atoms with van der Waals surface area (Å²) < 4.78 is 5.76. The number of aromatic nitrogens is 1. The van der Waals surface area contributed by atoms with Crippen molar-refractivity contribution in [1.29, 1.82) is 0 Å². The fraction of sp³-hybridized carbons (Fsp3) is 0.615. The van der Waals surface area contributed by atoms with Crippen LogP contribution in [-0.4, -0.2) is 24.2 Å². The molecule has 1 heterocycles. The van der Waals surface area contributed by atoms with Gasteiger partial charge in [-0.25, -0.2) is 0 Å². The molecule has 0 bridgehead atoms. The molecule has 0 unspecified atom stereocenters. The summed E-state index contributed by atoms with van der Waals surface area (Å²) in [6.07, 6.45) is 7.53. The average Bonchev–Trinajstić information content (AvgIpc) is 2.83. The Morgan fingerprint density at radius 1 is 1.31 bits per heavy atom. The van der Waals surface area contributed by atoms with Crippen molar-refractivity contribution in [3.05, 3.63) is 30.1 Å². The maximum atomic E-state index is 5.76. The molecule has 2 rings (SSSR count). The molecule has 1 aliphatic carbocycles. The second-order valence-corrected chi connectivity index (χ2v) is 4.28. The van der Waals surface area contributed by atoms with E-state index in [4.69, 9.17) is 4.74 Å². The lowest BCUT2D eigenvalue weighted by molar-refractivity contribution is 0.0602. The molecule has 1 aromatic heterocycles. The standard InChI is InChI=1S/C13H20N2O/c1-2-7-13(6-1)16-10-9-14-11-12-5-3-4-8-15-12/h3-5,8,13-14H,1-2,6-7,9-11H2. The molecule has 3 nitrogen and oxygen atoms in total. The summed E-state index contributed by atoms with van der Waals surface area (Å²) in [5, 5.41) is 3.34. The van der Waals surface area contributed by atoms with Crippen molar-refractivity contribution in [3.8, 4) is 0 Å². The molecule has 1 fully saturated rings. The van der Waals surface area contributed by atoms with E-state index in [1.165, 1.54) is 25.7 Å². The Morgan fingerprint density at radius 2 is 2.19 bits per heavy atom. The predicted molar refractivity (Wildman–Crippen MR) is 64.2 cm³/mol. The summed E-state index contributed by atoms with van der Waals surface area (Å²) in [5.74, 6) is 0.